The molecule has 0 bridgehead atoms. The maximum atomic E-state index is 11.6. The minimum atomic E-state index is -0.657. The minimum absolute atomic E-state index is 0.425. The van der Waals surface area contributed by atoms with Gasteiger partial charge in [-0.25, -0.2) is 10.6 Å². The molecule has 6 heteroatoms. The number of nitrogens with one attached hydrogen (secondary N) is 1. The molecule has 1 unspecified atom stereocenters. The molecule has 0 spiro atoms. The van der Waals surface area contributed by atoms with E-state index in [2.05, 4.69) is 4.98 Å². The second kappa shape index (κ2) is 4.22. The maximum Gasteiger partial charge on any atom is 0.348 e. The third-order valence-electron chi connectivity index (χ3n) is 2.18. The van der Waals surface area contributed by atoms with Crippen LogP contribution >= 0.6 is 0 Å². The Morgan fingerprint density at radius 1 is 1.60 bits per heavy atom. The van der Waals surface area contributed by atoms with Gasteiger partial charge in [-0.3, -0.25) is 14.8 Å². The first-order chi connectivity index (χ1) is 6.97. The molecule has 1 aromatic heterocycles. The standard InChI is InChI=1S/C9H14N4O2/c1-5-4-6(2)13(9(15)11-5)7(3)8(14)12-10/h4,7H,10H2,1-3H3,(H,12,14). The van der Waals surface area contributed by atoms with Gasteiger partial charge in [-0.15, -0.1) is 0 Å². The van der Waals surface area contributed by atoms with Crippen molar-refractivity contribution in [1.29, 1.82) is 0 Å². The summed E-state index contributed by atoms with van der Waals surface area (Å²) in [6.07, 6.45) is 0. The van der Waals surface area contributed by atoms with E-state index in [1.165, 1.54) is 4.57 Å². The largest absolute Gasteiger partial charge is 0.348 e. The molecule has 0 radical (unpaired) electrons. The molecule has 0 aliphatic carbocycles. The fraction of sp³-hybridized carbons (Fsp3) is 0.444. The van der Waals surface area contributed by atoms with Gasteiger partial charge in [0.15, 0.2) is 0 Å². The molecule has 0 aliphatic rings. The average Bonchev–Trinajstić information content (AvgIpc) is 2.14. The van der Waals surface area contributed by atoms with E-state index in [4.69, 9.17) is 5.84 Å². The molecule has 3 N–H and O–H groups in total. The van der Waals surface area contributed by atoms with E-state index in [1.54, 1.807) is 26.8 Å². The van der Waals surface area contributed by atoms with Crippen LogP contribution in [0.25, 0.3) is 0 Å². The zero-order valence-electron chi connectivity index (χ0n) is 8.94. The van der Waals surface area contributed by atoms with Crippen molar-refractivity contribution in [2.75, 3.05) is 0 Å². The molecule has 15 heavy (non-hydrogen) atoms. The monoisotopic (exact) mass is 210 g/mol. The molecular weight excluding hydrogens is 196 g/mol. The van der Waals surface area contributed by atoms with Crippen molar-refractivity contribution in [3.05, 3.63) is 27.9 Å². The predicted molar refractivity (Wildman–Crippen MR) is 55.0 cm³/mol. The highest BCUT2D eigenvalue weighted by atomic mass is 16.2. The second-order valence-corrected chi connectivity index (χ2v) is 3.38. The first kappa shape index (κ1) is 11.4. The molecule has 0 fully saturated rings. The van der Waals surface area contributed by atoms with E-state index in [-0.39, 0.29) is 0 Å². The average molecular weight is 210 g/mol. The topological polar surface area (TPSA) is 90.0 Å². The molecular formula is C9H14N4O2. The van der Waals surface area contributed by atoms with Crippen molar-refractivity contribution in [1.82, 2.24) is 15.0 Å². The van der Waals surface area contributed by atoms with Gasteiger partial charge in [0.25, 0.3) is 5.91 Å². The highest BCUT2D eigenvalue weighted by Gasteiger charge is 2.17. The van der Waals surface area contributed by atoms with Crippen molar-refractivity contribution >= 4 is 5.91 Å². The minimum Gasteiger partial charge on any atom is -0.292 e. The van der Waals surface area contributed by atoms with Crippen molar-refractivity contribution in [2.24, 2.45) is 5.84 Å². The molecule has 1 amide bonds. The van der Waals surface area contributed by atoms with E-state index in [0.29, 0.717) is 11.4 Å². The summed E-state index contributed by atoms with van der Waals surface area (Å²) in [6, 6.07) is 1.08. The van der Waals surface area contributed by atoms with Gasteiger partial charge < -0.3 is 0 Å². The summed E-state index contributed by atoms with van der Waals surface area (Å²) in [5, 5.41) is 0. The molecule has 1 atom stereocenters. The number of aryl methyl sites for hydroxylation is 2. The molecule has 0 aromatic carbocycles. The molecule has 82 valence electrons. The Morgan fingerprint density at radius 2 is 2.20 bits per heavy atom. The Bertz CT molecular complexity index is 438. The van der Waals surface area contributed by atoms with Crippen molar-refractivity contribution in [3.63, 3.8) is 0 Å². The summed E-state index contributed by atoms with van der Waals surface area (Å²) in [6.45, 7) is 5.07. The summed E-state index contributed by atoms with van der Waals surface area (Å²) in [4.78, 5) is 26.6. The fourth-order valence-electron chi connectivity index (χ4n) is 1.47. The predicted octanol–water partition coefficient (Wildman–Crippen LogP) is -0.589. The summed E-state index contributed by atoms with van der Waals surface area (Å²) in [5.74, 6) is 4.58. The number of carbonyl (C=O) groups excluding carboxylic acids is 1. The van der Waals surface area contributed by atoms with Gasteiger partial charge in [0.2, 0.25) is 0 Å². The third-order valence-corrected chi connectivity index (χ3v) is 2.18. The number of carbonyl (C=O) groups is 1. The summed E-state index contributed by atoms with van der Waals surface area (Å²) in [5.41, 5.74) is 2.88. The Balaban J connectivity index is 3.26. The van der Waals surface area contributed by atoms with Crippen molar-refractivity contribution < 1.29 is 4.79 Å². The number of amides is 1. The number of hydrogen-bond donors (Lipinski definition) is 2. The normalized spacial score (nSPS) is 12.3. The molecule has 0 saturated carbocycles. The number of aromatic nitrogens is 2. The van der Waals surface area contributed by atoms with E-state index in [9.17, 15) is 9.59 Å². The lowest BCUT2D eigenvalue weighted by molar-refractivity contribution is -0.124. The van der Waals surface area contributed by atoms with Crippen LogP contribution in [0.15, 0.2) is 10.9 Å². The Hall–Kier alpha value is -1.69. The highest BCUT2D eigenvalue weighted by molar-refractivity contribution is 5.79. The van der Waals surface area contributed by atoms with E-state index >= 15 is 0 Å². The fourth-order valence-corrected chi connectivity index (χ4v) is 1.47. The number of nitrogens with zero attached hydrogens (tertiary/aromatic N) is 2. The van der Waals surface area contributed by atoms with Gasteiger partial charge in [0.1, 0.15) is 6.04 Å². The van der Waals surface area contributed by atoms with E-state index in [0.717, 1.165) is 0 Å². The van der Waals surface area contributed by atoms with Crippen LogP contribution in [-0.2, 0) is 4.79 Å². The van der Waals surface area contributed by atoms with Gasteiger partial charge in [-0.2, -0.15) is 4.98 Å². The molecule has 1 aromatic rings. The quantitative estimate of drug-likeness (QED) is 0.388. The smallest absolute Gasteiger partial charge is 0.292 e. The molecule has 6 nitrogen and oxygen atoms in total. The van der Waals surface area contributed by atoms with Crippen LogP contribution in [0.2, 0.25) is 0 Å². The third kappa shape index (κ3) is 2.21. The first-order valence-corrected chi connectivity index (χ1v) is 4.54. The summed E-state index contributed by atoms with van der Waals surface area (Å²) in [7, 11) is 0. The Labute approximate surface area is 87.1 Å². The van der Waals surface area contributed by atoms with Crippen LogP contribution in [-0.4, -0.2) is 15.5 Å². The lowest BCUT2D eigenvalue weighted by atomic mass is 10.2. The maximum absolute atomic E-state index is 11.6. The van der Waals surface area contributed by atoms with E-state index < -0.39 is 17.6 Å². The molecule has 0 aliphatic heterocycles. The SMILES string of the molecule is Cc1cc(C)n(C(C)C(=O)NN)c(=O)n1. The van der Waals surface area contributed by atoms with Gasteiger partial charge in [-0.1, -0.05) is 0 Å². The zero-order chi connectivity index (χ0) is 11.6. The number of rotatable bonds is 2. The second-order valence-electron chi connectivity index (χ2n) is 3.38. The number of nitrogens with two attached hydrogens (primary N) is 1. The Kier molecular flexibility index (Phi) is 3.21. The summed E-state index contributed by atoms with van der Waals surface area (Å²) >= 11 is 0. The summed E-state index contributed by atoms with van der Waals surface area (Å²) < 4.78 is 1.30. The van der Waals surface area contributed by atoms with Crippen LogP contribution in [0.1, 0.15) is 24.4 Å². The van der Waals surface area contributed by atoms with Crippen molar-refractivity contribution in [3.8, 4) is 0 Å². The van der Waals surface area contributed by atoms with Gasteiger partial charge >= 0.3 is 5.69 Å². The first-order valence-electron chi connectivity index (χ1n) is 4.54. The van der Waals surface area contributed by atoms with Gasteiger partial charge in [0.05, 0.1) is 0 Å². The van der Waals surface area contributed by atoms with Crippen LogP contribution in [0, 0.1) is 13.8 Å². The zero-order valence-corrected chi connectivity index (χ0v) is 8.94. The van der Waals surface area contributed by atoms with E-state index in [1.807, 2.05) is 5.43 Å². The lowest BCUT2D eigenvalue weighted by Gasteiger charge is -2.15. The van der Waals surface area contributed by atoms with Crippen LogP contribution in [0.4, 0.5) is 0 Å². The number of hydrogen-bond acceptors (Lipinski definition) is 4. The van der Waals surface area contributed by atoms with Gasteiger partial charge in [-0.05, 0) is 26.8 Å². The van der Waals surface area contributed by atoms with Crippen LogP contribution < -0.4 is 17.0 Å². The van der Waals surface area contributed by atoms with Crippen LogP contribution in [0.3, 0.4) is 0 Å². The van der Waals surface area contributed by atoms with Gasteiger partial charge in [0, 0.05) is 11.4 Å². The van der Waals surface area contributed by atoms with Crippen LogP contribution in [0.5, 0.6) is 0 Å². The lowest BCUT2D eigenvalue weighted by Crippen LogP contribution is -2.40. The molecule has 0 saturated heterocycles. The molecule has 1 rings (SSSR count). The van der Waals surface area contributed by atoms with Crippen molar-refractivity contribution in [2.45, 2.75) is 26.8 Å². The molecule has 1 heterocycles. The number of hydrazine groups is 1. The highest BCUT2D eigenvalue weighted by Crippen LogP contribution is 2.06. The Morgan fingerprint density at radius 3 is 2.67 bits per heavy atom.